The number of nitrogens with one attached hydrogen (secondary N) is 2. The Hall–Kier alpha value is -1.40. The third-order valence-corrected chi connectivity index (χ3v) is 4.51. The molecule has 1 aliphatic rings. The molecule has 1 saturated heterocycles. The molecule has 1 atom stereocenters. The fraction of sp³-hybridized carbons (Fsp3) is 0.467. The van der Waals surface area contributed by atoms with Crippen LogP contribution in [0.25, 0.3) is 0 Å². The van der Waals surface area contributed by atoms with E-state index in [1.165, 1.54) is 12.1 Å². The zero-order valence-electron chi connectivity index (χ0n) is 11.9. The fourth-order valence-corrected chi connectivity index (χ4v) is 3.10. The Morgan fingerprint density at radius 3 is 2.81 bits per heavy atom. The number of hydrogen-bond donors (Lipinski definition) is 3. The third kappa shape index (κ3) is 3.44. The van der Waals surface area contributed by atoms with Crippen molar-refractivity contribution in [3.8, 4) is 0 Å². The Kier molecular flexibility index (Phi) is 5.00. The van der Waals surface area contributed by atoms with Gasteiger partial charge in [-0.3, -0.25) is 4.79 Å². The lowest BCUT2D eigenvalue weighted by molar-refractivity contribution is -0.122. The number of aromatic carboxylic acids is 1. The van der Waals surface area contributed by atoms with Crippen LogP contribution in [0.15, 0.2) is 22.7 Å². The highest BCUT2D eigenvalue weighted by atomic mass is 79.9. The standard InChI is InChI=1S/C15H19BrN2O3/c1-2-6-15(7-3-8-17-15)14(21)18-12-9-10(13(19)20)4-5-11(12)16/h4-5,9,17H,2-3,6-8H2,1H3,(H,18,21)(H,19,20). The van der Waals surface area contributed by atoms with E-state index < -0.39 is 11.5 Å². The predicted molar refractivity (Wildman–Crippen MR) is 84.6 cm³/mol. The Balaban J connectivity index is 2.22. The minimum atomic E-state index is -1.01. The van der Waals surface area contributed by atoms with Gasteiger partial charge in [0.1, 0.15) is 0 Å². The lowest BCUT2D eigenvalue weighted by Crippen LogP contribution is -2.50. The van der Waals surface area contributed by atoms with Gasteiger partial charge in [-0.25, -0.2) is 4.79 Å². The molecule has 3 N–H and O–H groups in total. The molecule has 6 heteroatoms. The SMILES string of the molecule is CCCC1(C(=O)Nc2cc(C(=O)O)ccc2Br)CCCN1. The van der Waals surface area contributed by atoms with Gasteiger partial charge in [-0.15, -0.1) is 0 Å². The average molecular weight is 355 g/mol. The highest BCUT2D eigenvalue weighted by Crippen LogP contribution is 2.29. The van der Waals surface area contributed by atoms with Gasteiger partial charge in [0.15, 0.2) is 0 Å². The second-order valence-electron chi connectivity index (χ2n) is 5.32. The molecule has 1 unspecified atom stereocenters. The maximum atomic E-state index is 12.6. The molecule has 21 heavy (non-hydrogen) atoms. The smallest absolute Gasteiger partial charge is 0.335 e. The van der Waals surface area contributed by atoms with Crippen molar-refractivity contribution in [2.45, 2.75) is 38.1 Å². The highest BCUT2D eigenvalue weighted by Gasteiger charge is 2.40. The zero-order valence-corrected chi connectivity index (χ0v) is 13.5. The lowest BCUT2D eigenvalue weighted by Gasteiger charge is -2.28. The van der Waals surface area contributed by atoms with E-state index in [4.69, 9.17) is 5.11 Å². The quantitative estimate of drug-likeness (QED) is 0.759. The van der Waals surface area contributed by atoms with Crippen LogP contribution in [-0.4, -0.2) is 29.1 Å². The summed E-state index contributed by atoms with van der Waals surface area (Å²) in [6, 6.07) is 4.60. The molecule has 0 saturated carbocycles. The van der Waals surface area contributed by atoms with Gasteiger partial charge in [-0.1, -0.05) is 13.3 Å². The summed E-state index contributed by atoms with van der Waals surface area (Å²) in [5, 5.41) is 15.2. The molecular weight excluding hydrogens is 336 g/mol. The number of amides is 1. The first kappa shape index (κ1) is 16.0. The van der Waals surface area contributed by atoms with E-state index in [0.29, 0.717) is 10.2 Å². The Morgan fingerprint density at radius 1 is 1.48 bits per heavy atom. The normalized spacial score (nSPS) is 21.2. The number of carboxylic acids is 1. The molecule has 2 rings (SSSR count). The van der Waals surface area contributed by atoms with Crippen molar-refractivity contribution >= 4 is 33.5 Å². The van der Waals surface area contributed by atoms with E-state index in [1.54, 1.807) is 6.07 Å². The van der Waals surface area contributed by atoms with Gasteiger partial charge in [0.25, 0.3) is 0 Å². The topological polar surface area (TPSA) is 78.4 Å². The summed E-state index contributed by atoms with van der Waals surface area (Å²) in [4.78, 5) is 23.6. The summed E-state index contributed by atoms with van der Waals surface area (Å²) < 4.78 is 0.672. The second-order valence-corrected chi connectivity index (χ2v) is 6.17. The number of hydrogen-bond acceptors (Lipinski definition) is 3. The van der Waals surface area contributed by atoms with Crippen LogP contribution in [-0.2, 0) is 4.79 Å². The van der Waals surface area contributed by atoms with E-state index >= 15 is 0 Å². The van der Waals surface area contributed by atoms with Gasteiger partial charge in [0, 0.05) is 4.47 Å². The minimum Gasteiger partial charge on any atom is -0.478 e. The fourth-order valence-electron chi connectivity index (χ4n) is 2.75. The molecule has 114 valence electrons. The highest BCUT2D eigenvalue weighted by molar-refractivity contribution is 9.10. The summed E-state index contributed by atoms with van der Waals surface area (Å²) >= 11 is 3.35. The molecule has 1 fully saturated rings. The molecule has 0 spiro atoms. The van der Waals surface area contributed by atoms with Crippen LogP contribution in [0.5, 0.6) is 0 Å². The maximum Gasteiger partial charge on any atom is 0.335 e. The summed E-state index contributed by atoms with van der Waals surface area (Å²) in [5.74, 6) is -1.11. The Labute approximate surface area is 132 Å². The zero-order chi connectivity index (χ0) is 15.5. The maximum absolute atomic E-state index is 12.6. The van der Waals surface area contributed by atoms with Crippen molar-refractivity contribution in [1.82, 2.24) is 5.32 Å². The van der Waals surface area contributed by atoms with Crippen molar-refractivity contribution < 1.29 is 14.7 Å². The molecule has 5 nitrogen and oxygen atoms in total. The monoisotopic (exact) mass is 354 g/mol. The summed E-state index contributed by atoms with van der Waals surface area (Å²) in [7, 11) is 0. The molecule has 1 aromatic rings. The lowest BCUT2D eigenvalue weighted by atomic mass is 9.90. The van der Waals surface area contributed by atoms with Gasteiger partial charge < -0.3 is 15.7 Å². The van der Waals surface area contributed by atoms with E-state index in [1.807, 2.05) is 0 Å². The van der Waals surface area contributed by atoms with Crippen LogP contribution < -0.4 is 10.6 Å². The van der Waals surface area contributed by atoms with Crippen LogP contribution >= 0.6 is 15.9 Å². The van der Waals surface area contributed by atoms with Crippen molar-refractivity contribution in [2.75, 3.05) is 11.9 Å². The summed E-state index contributed by atoms with van der Waals surface area (Å²) in [6.45, 7) is 2.89. The van der Waals surface area contributed by atoms with Crippen molar-refractivity contribution in [3.05, 3.63) is 28.2 Å². The van der Waals surface area contributed by atoms with Crippen LogP contribution in [0, 0.1) is 0 Å². The van der Waals surface area contributed by atoms with Crippen LogP contribution in [0.1, 0.15) is 43.0 Å². The summed E-state index contributed by atoms with van der Waals surface area (Å²) in [5.41, 5.74) is 0.106. The van der Waals surface area contributed by atoms with Crippen molar-refractivity contribution in [1.29, 1.82) is 0 Å². The molecule has 1 amide bonds. The first-order valence-corrected chi connectivity index (χ1v) is 7.87. The van der Waals surface area contributed by atoms with Crippen LogP contribution in [0.3, 0.4) is 0 Å². The molecule has 0 aliphatic carbocycles. The molecule has 1 aromatic carbocycles. The average Bonchev–Trinajstić information content (AvgIpc) is 2.91. The number of carboxylic acid groups (broad SMARTS) is 1. The largest absolute Gasteiger partial charge is 0.478 e. The number of rotatable bonds is 5. The van der Waals surface area contributed by atoms with Crippen LogP contribution in [0.4, 0.5) is 5.69 Å². The van der Waals surface area contributed by atoms with Crippen LogP contribution in [0.2, 0.25) is 0 Å². The first-order valence-electron chi connectivity index (χ1n) is 7.08. The van der Waals surface area contributed by atoms with Gasteiger partial charge in [-0.05, 0) is 59.9 Å². The molecule has 1 aliphatic heterocycles. The second kappa shape index (κ2) is 6.58. The van der Waals surface area contributed by atoms with E-state index in [-0.39, 0.29) is 11.5 Å². The molecule has 0 bridgehead atoms. The van der Waals surface area contributed by atoms with Gasteiger partial charge in [0.05, 0.1) is 16.8 Å². The molecule has 0 radical (unpaired) electrons. The number of carbonyl (C=O) groups is 2. The number of anilines is 1. The first-order chi connectivity index (χ1) is 9.98. The Bertz CT molecular complexity index is 554. The summed E-state index contributed by atoms with van der Waals surface area (Å²) in [6.07, 6.45) is 3.47. The van der Waals surface area contributed by atoms with E-state index in [2.05, 4.69) is 33.5 Å². The predicted octanol–water partition coefficient (Wildman–Crippen LogP) is 3.01. The minimum absolute atomic E-state index is 0.0925. The number of benzene rings is 1. The van der Waals surface area contributed by atoms with Crippen molar-refractivity contribution in [2.24, 2.45) is 0 Å². The number of carbonyl (C=O) groups excluding carboxylic acids is 1. The number of halogens is 1. The Morgan fingerprint density at radius 2 is 2.24 bits per heavy atom. The van der Waals surface area contributed by atoms with E-state index in [9.17, 15) is 9.59 Å². The molecular formula is C15H19BrN2O3. The molecule has 0 aromatic heterocycles. The van der Waals surface area contributed by atoms with Crippen molar-refractivity contribution in [3.63, 3.8) is 0 Å². The van der Waals surface area contributed by atoms with Gasteiger partial charge in [-0.2, -0.15) is 0 Å². The third-order valence-electron chi connectivity index (χ3n) is 3.82. The van der Waals surface area contributed by atoms with E-state index in [0.717, 1.165) is 32.2 Å². The van der Waals surface area contributed by atoms with Gasteiger partial charge >= 0.3 is 5.97 Å². The van der Waals surface area contributed by atoms with Gasteiger partial charge in [0.2, 0.25) is 5.91 Å². The molecule has 1 heterocycles.